The highest BCUT2D eigenvalue weighted by Crippen LogP contribution is 2.50. The highest BCUT2D eigenvalue weighted by Gasteiger charge is 2.28. The van der Waals surface area contributed by atoms with E-state index in [4.69, 9.17) is 25.4 Å². The predicted octanol–water partition coefficient (Wildman–Crippen LogP) is 4.94. The van der Waals surface area contributed by atoms with E-state index in [9.17, 15) is 4.57 Å². The Labute approximate surface area is 132 Å². The van der Waals surface area contributed by atoms with Gasteiger partial charge in [0.1, 0.15) is 6.35 Å². The molecule has 0 radical (unpaired) electrons. The molecule has 0 amide bonds. The first-order valence-corrected chi connectivity index (χ1v) is 9.28. The van der Waals surface area contributed by atoms with Crippen LogP contribution in [0.1, 0.15) is 38.8 Å². The Balaban J connectivity index is 2.54. The van der Waals surface area contributed by atoms with Gasteiger partial charge in [-0.1, -0.05) is 24.3 Å². The molecule has 0 N–H and O–H groups in total. The molecule has 4 nitrogen and oxygen atoms in total. The molecule has 0 aliphatic carbocycles. The topological polar surface area (TPSA) is 44.8 Å². The number of ether oxygens (including phenoxy) is 1. The van der Waals surface area contributed by atoms with E-state index in [0.717, 1.165) is 11.1 Å². The fourth-order valence-electron chi connectivity index (χ4n) is 1.73. The average molecular weight is 335 g/mol. The zero-order valence-electron chi connectivity index (χ0n) is 13.0. The van der Waals surface area contributed by atoms with Gasteiger partial charge < -0.3 is 13.8 Å². The summed E-state index contributed by atoms with van der Waals surface area (Å²) in [5.41, 5.74) is 2.04. The van der Waals surface area contributed by atoms with Gasteiger partial charge in [-0.05, 0) is 38.8 Å². The summed E-state index contributed by atoms with van der Waals surface area (Å²) in [6.07, 6.45) is -0.414. The van der Waals surface area contributed by atoms with Crippen molar-refractivity contribution in [2.45, 2.75) is 52.4 Å². The lowest BCUT2D eigenvalue weighted by atomic mass is 10.2. The second-order valence-corrected chi connectivity index (χ2v) is 7.52. The first-order valence-electron chi connectivity index (χ1n) is 7.02. The normalized spacial score (nSPS) is 12.3. The van der Waals surface area contributed by atoms with E-state index in [1.54, 1.807) is 0 Å². The molecule has 1 rings (SSSR count). The fourth-order valence-corrected chi connectivity index (χ4v) is 3.68. The highest BCUT2D eigenvalue weighted by molar-refractivity contribution is 7.53. The number of alkyl halides is 1. The lowest BCUT2D eigenvalue weighted by Gasteiger charge is -2.22. The van der Waals surface area contributed by atoms with Crippen LogP contribution in [-0.2, 0) is 30.8 Å². The van der Waals surface area contributed by atoms with E-state index in [2.05, 4.69) is 0 Å². The van der Waals surface area contributed by atoms with Gasteiger partial charge in [-0.15, -0.1) is 11.6 Å². The van der Waals surface area contributed by atoms with Crippen LogP contribution in [0, 0.1) is 0 Å². The highest BCUT2D eigenvalue weighted by atomic mass is 35.5. The Morgan fingerprint density at radius 2 is 1.48 bits per heavy atom. The average Bonchev–Trinajstić information content (AvgIpc) is 2.37. The number of halogens is 1. The fraction of sp³-hybridized carbons (Fsp3) is 0.600. The number of hydrogen-bond acceptors (Lipinski definition) is 4. The second kappa shape index (κ2) is 8.92. The second-order valence-electron chi connectivity index (χ2n) is 5.35. The molecule has 0 spiro atoms. The van der Waals surface area contributed by atoms with Gasteiger partial charge in [0.05, 0.1) is 18.8 Å². The van der Waals surface area contributed by atoms with Crippen molar-refractivity contribution in [1.82, 2.24) is 0 Å². The SMILES string of the molecule is CC(C)OP(=O)(COCc1ccc(CCl)cc1)OC(C)C. The number of rotatable bonds is 9. The predicted molar refractivity (Wildman–Crippen MR) is 85.7 cm³/mol. The third kappa shape index (κ3) is 7.44. The summed E-state index contributed by atoms with van der Waals surface area (Å²) >= 11 is 5.74. The standard InChI is InChI=1S/C15H24ClO4P/c1-12(2)19-21(17,20-13(3)4)11-18-10-15-7-5-14(9-16)6-8-15/h5-8,12-13H,9-11H2,1-4H3. The summed E-state index contributed by atoms with van der Waals surface area (Å²) < 4.78 is 28.9. The van der Waals surface area contributed by atoms with E-state index >= 15 is 0 Å². The van der Waals surface area contributed by atoms with E-state index in [1.165, 1.54) is 0 Å². The van der Waals surface area contributed by atoms with E-state index in [1.807, 2.05) is 52.0 Å². The van der Waals surface area contributed by atoms with Crippen LogP contribution in [0.15, 0.2) is 24.3 Å². The summed E-state index contributed by atoms with van der Waals surface area (Å²) in [7, 11) is -3.23. The number of benzene rings is 1. The van der Waals surface area contributed by atoms with E-state index in [-0.39, 0.29) is 18.6 Å². The molecule has 0 bridgehead atoms. The van der Waals surface area contributed by atoms with Gasteiger partial charge in [0.15, 0.2) is 0 Å². The molecule has 0 heterocycles. The molecule has 21 heavy (non-hydrogen) atoms. The molecule has 0 fully saturated rings. The molecule has 6 heteroatoms. The van der Waals surface area contributed by atoms with Gasteiger partial charge in [-0.2, -0.15) is 0 Å². The minimum absolute atomic E-state index is 0.0549. The molecule has 0 aliphatic heterocycles. The molecular formula is C15H24ClO4P. The quantitative estimate of drug-likeness (QED) is 0.474. The monoisotopic (exact) mass is 334 g/mol. The van der Waals surface area contributed by atoms with Gasteiger partial charge >= 0.3 is 7.60 Å². The van der Waals surface area contributed by atoms with Crippen LogP contribution in [-0.4, -0.2) is 18.6 Å². The minimum Gasteiger partial charge on any atom is -0.364 e. The van der Waals surface area contributed by atoms with Gasteiger partial charge in [0, 0.05) is 5.88 Å². The molecule has 0 saturated heterocycles. The molecule has 1 aromatic rings. The van der Waals surface area contributed by atoms with Gasteiger partial charge in [0.25, 0.3) is 0 Å². The van der Waals surface area contributed by atoms with Crippen molar-refractivity contribution < 1.29 is 18.3 Å². The van der Waals surface area contributed by atoms with E-state index in [0.29, 0.717) is 12.5 Å². The van der Waals surface area contributed by atoms with Crippen molar-refractivity contribution in [3.05, 3.63) is 35.4 Å². The first-order chi connectivity index (χ1) is 9.84. The summed E-state index contributed by atoms with van der Waals surface area (Å²) in [5.74, 6) is 0.487. The van der Waals surface area contributed by atoms with Gasteiger partial charge in [0.2, 0.25) is 0 Å². The molecule has 0 aliphatic rings. The Bertz CT molecular complexity index is 445. The van der Waals surface area contributed by atoms with Crippen LogP contribution in [0.3, 0.4) is 0 Å². The molecule has 0 unspecified atom stereocenters. The first kappa shape index (κ1) is 18.7. The summed E-state index contributed by atoms with van der Waals surface area (Å²) in [5, 5.41) is 0. The third-order valence-corrected chi connectivity index (χ3v) is 4.73. The maximum atomic E-state index is 12.5. The maximum Gasteiger partial charge on any atom is 0.356 e. The molecular weight excluding hydrogens is 311 g/mol. The van der Waals surface area contributed by atoms with Crippen LogP contribution in [0.25, 0.3) is 0 Å². The number of hydrogen-bond donors (Lipinski definition) is 0. The molecule has 0 atom stereocenters. The molecule has 0 aromatic heterocycles. The van der Waals surface area contributed by atoms with Gasteiger partial charge in [-0.3, -0.25) is 4.57 Å². The smallest absolute Gasteiger partial charge is 0.356 e. The van der Waals surface area contributed by atoms with Crippen molar-refractivity contribution in [3.63, 3.8) is 0 Å². The van der Waals surface area contributed by atoms with Crippen molar-refractivity contribution in [2.24, 2.45) is 0 Å². The third-order valence-electron chi connectivity index (χ3n) is 2.44. The summed E-state index contributed by atoms with van der Waals surface area (Å²) in [6, 6.07) is 7.77. The van der Waals surface area contributed by atoms with Crippen molar-refractivity contribution >= 4 is 19.2 Å². The van der Waals surface area contributed by atoms with Crippen molar-refractivity contribution in [2.75, 3.05) is 6.35 Å². The maximum absolute atomic E-state index is 12.5. The van der Waals surface area contributed by atoms with Crippen LogP contribution >= 0.6 is 19.2 Å². The Hall–Kier alpha value is -0.380. The Morgan fingerprint density at radius 3 is 1.90 bits per heavy atom. The van der Waals surface area contributed by atoms with Gasteiger partial charge in [-0.25, -0.2) is 0 Å². The van der Waals surface area contributed by atoms with Crippen molar-refractivity contribution in [1.29, 1.82) is 0 Å². The van der Waals surface area contributed by atoms with Crippen molar-refractivity contribution in [3.8, 4) is 0 Å². The zero-order valence-corrected chi connectivity index (χ0v) is 14.7. The summed E-state index contributed by atoms with van der Waals surface area (Å²) in [6.45, 7) is 7.64. The van der Waals surface area contributed by atoms with Crippen LogP contribution in [0.2, 0.25) is 0 Å². The summed E-state index contributed by atoms with van der Waals surface area (Å²) in [4.78, 5) is 0. The van der Waals surface area contributed by atoms with E-state index < -0.39 is 7.60 Å². The van der Waals surface area contributed by atoms with Crippen LogP contribution in [0.4, 0.5) is 0 Å². The lowest BCUT2D eigenvalue weighted by Crippen LogP contribution is -2.11. The minimum atomic E-state index is -3.23. The lowest BCUT2D eigenvalue weighted by molar-refractivity contribution is 0.0931. The zero-order chi connectivity index (χ0) is 15.9. The Kier molecular flexibility index (Phi) is 7.93. The largest absolute Gasteiger partial charge is 0.364 e. The Morgan fingerprint density at radius 1 is 1.00 bits per heavy atom. The molecule has 120 valence electrons. The van der Waals surface area contributed by atoms with Crippen LogP contribution in [0.5, 0.6) is 0 Å². The molecule has 1 aromatic carbocycles. The van der Waals surface area contributed by atoms with Crippen LogP contribution < -0.4 is 0 Å². The molecule has 0 saturated carbocycles.